The molecule has 3 amide bonds. The summed E-state index contributed by atoms with van der Waals surface area (Å²) < 4.78 is -0.714. The minimum Gasteiger partial charge on any atom is -0.394 e. The van der Waals surface area contributed by atoms with Gasteiger partial charge in [-0.1, -0.05) is 46.8 Å². The molecule has 2 bridgehead atoms. The summed E-state index contributed by atoms with van der Waals surface area (Å²) in [6.07, 6.45) is 5.52. The highest BCUT2D eigenvalue weighted by Gasteiger charge is 2.77. The average molecular weight is 548 g/mol. The number of carbonyl (C=O) groups excluding carboxylic acids is 3. The van der Waals surface area contributed by atoms with Crippen molar-refractivity contribution < 1.29 is 19.5 Å². The summed E-state index contributed by atoms with van der Waals surface area (Å²) >= 11 is 1.68. The van der Waals surface area contributed by atoms with Crippen molar-refractivity contribution in [2.75, 3.05) is 26.7 Å². The molecule has 0 aromatic carbocycles. The molecular formula is C30H49N3O4S. The van der Waals surface area contributed by atoms with E-state index in [4.69, 9.17) is 0 Å². The van der Waals surface area contributed by atoms with Gasteiger partial charge < -0.3 is 19.8 Å². The van der Waals surface area contributed by atoms with Crippen LogP contribution in [0.2, 0.25) is 0 Å². The molecule has 8 heteroatoms. The minimum absolute atomic E-state index is 0.0131. The van der Waals surface area contributed by atoms with Crippen LogP contribution in [0.1, 0.15) is 67.7 Å². The highest BCUT2D eigenvalue weighted by atomic mass is 32.2. The Morgan fingerprint density at radius 3 is 2.29 bits per heavy atom. The lowest BCUT2D eigenvalue weighted by molar-refractivity contribution is -0.149. The fourth-order valence-corrected chi connectivity index (χ4v) is 10.1. The van der Waals surface area contributed by atoms with Crippen molar-refractivity contribution in [2.45, 2.75) is 95.3 Å². The number of likely N-dealkylation sites (N-methyl/N-ethyl adjacent to an activating group) is 1. The van der Waals surface area contributed by atoms with E-state index in [1.807, 2.05) is 11.8 Å². The van der Waals surface area contributed by atoms with Crippen molar-refractivity contribution in [2.24, 2.45) is 23.2 Å². The zero-order valence-electron chi connectivity index (χ0n) is 24.7. The predicted molar refractivity (Wildman–Crippen MR) is 155 cm³/mol. The van der Waals surface area contributed by atoms with Gasteiger partial charge in [-0.05, 0) is 44.4 Å². The van der Waals surface area contributed by atoms with E-state index in [1.165, 1.54) is 0 Å². The van der Waals surface area contributed by atoms with Gasteiger partial charge in [0, 0.05) is 30.9 Å². The molecular weight excluding hydrogens is 498 g/mol. The molecule has 3 fully saturated rings. The Kier molecular flexibility index (Phi) is 8.89. The Hall–Kier alpha value is -1.80. The predicted octanol–water partition coefficient (Wildman–Crippen LogP) is 3.97. The number of aliphatic hydroxyl groups is 1. The minimum atomic E-state index is -0.746. The number of likely N-dealkylation sites (tertiary alicyclic amines) is 1. The number of rotatable bonds is 11. The molecule has 7 atom stereocenters. The molecule has 3 aliphatic heterocycles. The monoisotopic (exact) mass is 547 g/mol. The van der Waals surface area contributed by atoms with Gasteiger partial charge in [0.05, 0.1) is 29.2 Å². The molecule has 0 aliphatic carbocycles. The summed E-state index contributed by atoms with van der Waals surface area (Å²) in [4.78, 5) is 48.1. The van der Waals surface area contributed by atoms with E-state index < -0.39 is 34.2 Å². The number of amides is 3. The smallest absolute Gasteiger partial charge is 0.247 e. The topological polar surface area (TPSA) is 81.2 Å². The number of nitrogens with zero attached hydrogens (tertiary/aromatic N) is 3. The maximum Gasteiger partial charge on any atom is 0.247 e. The van der Waals surface area contributed by atoms with Crippen LogP contribution in [0.5, 0.6) is 0 Å². The molecule has 3 unspecified atom stereocenters. The Morgan fingerprint density at radius 1 is 1.18 bits per heavy atom. The Bertz CT molecular complexity index is 956. The van der Waals surface area contributed by atoms with Crippen molar-refractivity contribution in [3.05, 3.63) is 25.3 Å². The first kappa shape index (κ1) is 30.7. The van der Waals surface area contributed by atoms with E-state index in [2.05, 4.69) is 54.7 Å². The van der Waals surface area contributed by atoms with Crippen LogP contribution in [0.4, 0.5) is 0 Å². The van der Waals surface area contributed by atoms with Crippen LogP contribution in [0, 0.1) is 23.2 Å². The summed E-state index contributed by atoms with van der Waals surface area (Å²) in [5.74, 6) is -1.33. The van der Waals surface area contributed by atoms with Crippen molar-refractivity contribution in [1.82, 2.24) is 14.7 Å². The van der Waals surface area contributed by atoms with Gasteiger partial charge in [0.25, 0.3) is 0 Å². The van der Waals surface area contributed by atoms with Gasteiger partial charge in [0.1, 0.15) is 6.04 Å². The molecule has 1 spiro atoms. The highest BCUT2D eigenvalue weighted by molar-refractivity contribution is 8.02. The number of hydrogen-bond acceptors (Lipinski definition) is 5. The molecule has 0 saturated carbocycles. The highest BCUT2D eigenvalue weighted by Crippen LogP contribution is 2.69. The standard InChI is InChI=1S/C30H49N3O4S/c1-11-14-31(10)25(35)22-21-16-19(4)30(38-21)23(22)26(36)33(20(13-3)17-34)24(30)27(37)32(15-12-2)29(8,9)18-28(5,6)7/h11-12,19-24,34H,1-2,13-18H2,3-10H3/t19?,20-,21-,22+,23-,24?,30?/m0/s1. The van der Waals surface area contributed by atoms with Gasteiger partial charge in [-0.25, -0.2) is 0 Å². The van der Waals surface area contributed by atoms with E-state index in [0.29, 0.717) is 19.5 Å². The summed E-state index contributed by atoms with van der Waals surface area (Å²) in [7, 11) is 1.75. The van der Waals surface area contributed by atoms with Crippen molar-refractivity contribution >= 4 is 29.5 Å². The Morgan fingerprint density at radius 2 is 1.79 bits per heavy atom. The van der Waals surface area contributed by atoms with Crippen molar-refractivity contribution in [3.8, 4) is 0 Å². The maximum atomic E-state index is 14.8. The second-order valence-electron chi connectivity index (χ2n) is 13.3. The molecule has 1 N–H and O–H groups in total. The van der Waals surface area contributed by atoms with Crippen LogP contribution >= 0.6 is 11.8 Å². The van der Waals surface area contributed by atoms with E-state index in [1.54, 1.807) is 40.8 Å². The van der Waals surface area contributed by atoms with Gasteiger partial charge >= 0.3 is 0 Å². The molecule has 214 valence electrons. The lowest BCUT2D eigenvalue weighted by Gasteiger charge is -2.47. The van der Waals surface area contributed by atoms with E-state index in [-0.39, 0.29) is 40.9 Å². The molecule has 3 aliphatic rings. The number of fused-ring (bicyclic) bond motifs is 1. The molecule has 3 rings (SSSR count). The maximum absolute atomic E-state index is 14.8. The lowest BCUT2D eigenvalue weighted by Crippen LogP contribution is -2.62. The van der Waals surface area contributed by atoms with Crippen LogP contribution in [0.3, 0.4) is 0 Å². The van der Waals surface area contributed by atoms with Gasteiger partial charge in [0.15, 0.2) is 0 Å². The van der Waals surface area contributed by atoms with Crippen molar-refractivity contribution in [1.29, 1.82) is 0 Å². The molecule has 3 saturated heterocycles. The van der Waals surface area contributed by atoms with Crippen LogP contribution < -0.4 is 0 Å². The van der Waals surface area contributed by atoms with Gasteiger partial charge in [-0.3, -0.25) is 14.4 Å². The SMILES string of the molecule is C=CCN(C)C(=O)[C@@H]1[C@@H]2CC(C)C3(S2)C(C(=O)N(CC=C)C(C)(C)CC(C)(C)C)N([C@@H](CC)CO)C(=O)[C@H]13. The number of carbonyl (C=O) groups is 3. The summed E-state index contributed by atoms with van der Waals surface area (Å²) in [6, 6.07) is -1.23. The van der Waals surface area contributed by atoms with Crippen LogP contribution in [0.15, 0.2) is 25.3 Å². The molecule has 38 heavy (non-hydrogen) atoms. The molecule has 3 heterocycles. The van der Waals surface area contributed by atoms with E-state index >= 15 is 0 Å². The Labute approximate surface area is 234 Å². The molecule has 0 radical (unpaired) electrons. The number of aliphatic hydroxyl groups excluding tert-OH is 1. The summed E-state index contributed by atoms with van der Waals surface area (Å²) in [5.41, 5.74) is -0.509. The third-order valence-corrected chi connectivity index (χ3v) is 10.9. The Balaban J connectivity index is 2.17. The zero-order valence-corrected chi connectivity index (χ0v) is 25.5. The average Bonchev–Trinajstić information content (AvgIpc) is 3.40. The van der Waals surface area contributed by atoms with Gasteiger partial charge in [-0.2, -0.15) is 0 Å². The normalized spacial score (nSPS) is 31.2. The van der Waals surface area contributed by atoms with Crippen LogP contribution in [0.25, 0.3) is 0 Å². The van der Waals surface area contributed by atoms with E-state index in [9.17, 15) is 19.5 Å². The molecule has 7 nitrogen and oxygen atoms in total. The van der Waals surface area contributed by atoms with Crippen LogP contribution in [-0.2, 0) is 14.4 Å². The second kappa shape index (κ2) is 11.0. The summed E-state index contributed by atoms with van der Waals surface area (Å²) in [6.45, 7) is 23.0. The number of hydrogen-bond donors (Lipinski definition) is 1. The second-order valence-corrected chi connectivity index (χ2v) is 14.9. The first-order chi connectivity index (χ1) is 17.6. The van der Waals surface area contributed by atoms with Crippen LogP contribution in [-0.4, -0.2) is 91.9 Å². The largest absolute Gasteiger partial charge is 0.394 e. The summed E-state index contributed by atoms with van der Waals surface area (Å²) in [5, 5.41) is 10.3. The molecule has 0 aromatic heterocycles. The lowest BCUT2D eigenvalue weighted by atomic mass is 9.65. The fraction of sp³-hybridized carbons (Fsp3) is 0.767. The zero-order chi connectivity index (χ0) is 28.8. The first-order valence-corrected chi connectivity index (χ1v) is 14.9. The van der Waals surface area contributed by atoms with Crippen molar-refractivity contribution in [3.63, 3.8) is 0 Å². The first-order valence-electron chi connectivity index (χ1n) is 14.0. The van der Waals surface area contributed by atoms with Gasteiger partial charge in [0.2, 0.25) is 17.7 Å². The molecule has 0 aromatic rings. The van der Waals surface area contributed by atoms with Gasteiger partial charge in [-0.15, -0.1) is 24.9 Å². The fourth-order valence-electron chi connectivity index (χ4n) is 7.67. The van der Waals surface area contributed by atoms with E-state index in [0.717, 1.165) is 12.8 Å². The third kappa shape index (κ3) is 4.96. The quantitative estimate of drug-likeness (QED) is 0.396. The third-order valence-electron chi connectivity index (χ3n) is 8.83. The number of thioether (sulfide) groups is 1.